The predicted octanol–water partition coefficient (Wildman–Crippen LogP) is 2.93. The predicted molar refractivity (Wildman–Crippen MR) is 113 cm³/mol. The molecule has 0 spiro atoms. The van der Waals surface area contributed by atoms with Crippen LogP contribution in [-0.2, 0) is 11.3 Å². The molecule has 1 unspecified atom stereocenters. The molecular formula is C23H21N5O3. The van der Waals surface area contributed by atoms with Gasteiger partial charge in [-0.3, -0.25) is 14.2 Å². The maximum Gasteiger partial charge on any atom is 0.290 e. The van der Waals surface area contributed by atoms with Crippen LogP contribution in [-0.4, -0.2) is 43.8 Å². The van der Waals surface area contributed by atoms with Crippen molar-refractivity contribution in [1.82, 2.24) is 24.8 Å². The van der Waals surface area contributed by atoms with Crippen LogP contribution >= 0.6 is 0 Å². The van der Waals surface area contributed by atoms with E-state index in [4.69, 9.17) is 4.42 Å². The maximum atomic E-state index is 12.7. The SMILES string of the molecule is O=C(NCc1ccc(-n2cnc3ccccc32)nc1)C1CCCN1C(=O)c1ccco1. The van der Waals surface area contributed by atoms with Gasteiger partial charge in [0.05, 0.1) is 17.3 Å². The standard InChI is InChI=1S/C23H21N5O3/c29-22(19-7-3-11-27(19)23(30)20-8-4-12-31-20)25-14-16-9-10-21(24-13-16)28-15-26-17-5-1-2-6-18(17)28/h1-2,4-6,8-10,12-13,15,19H,3,7,11,14H2,(H,25,29). The van der Waals surface area contributed by atoms with E-state index in [9.17, 15) is 9.59 Å². The fourth-order valence-corrected chi connectivity index (χ4v) is 3.94. The molecule has 8 heteroatoms. The number of rotatable bonds is 5. The summed E-state index contributed by atoms with van der Waals surface area (Å²) in [6, 6.07) is 14.5. The molecule has 1 aliphatic rings. The van der Waals surface area contributed by atoms with Crippen molar-refractivity contribution in [2.45, 2.75) is 25.4 Å². The van der Waals surface area contributed by atoms with Crippen molar-refractivity contribution in [1.29, 1.82) is 0 Å². The number of hydrogen-bond donors (Lipinski definition) is 1. The van der Waals surface area contributed by atoms with Crippen LogP contribution in [0.15, 0.2) is 71.7 Å². The number of fused-ring (bicyclic) bond motifs is 1. The summed E-state index contributed by atoms with van der Waals surface area (Å²) in [4.78, 5) is 35.8. The molecule has 1 aliphatic heterocycles. The molecule has 1 atom stereocenters. The third-order valence-corrected chi connectivity index (χ3v) is 5.52. The van der Waals surface area contributed by atoms with E-state index < -0.39 is 6.04 Å². The minimum Gasteiger partial charge on any atom is -0.459 e. The van der Waals surface area contributed by atoms with Gasteiger partial charge in [0.2, 0.25) is 5.91 Å². The van der Waals surface area contributed by atoms with E-state index in [2.05, 4.69) is 15.3 Å². The number of likely N-dealkylation sites (tertiary alicyclic amines) is 1. The average molecular weight is 415 g/mol. The summed E-state index contributed by atoms with van der Waals surface area (Å²) in [5.41, 5.74) is 2.77. The van der Waals surface area contributed by atoms with Crippen molar-refractivity contribution < 1.29 is 14.0 Å². The van der Waals surface area contributed by atoms with E-state index in [0.717, 1.165) is 28.8 Å². The van der Waals surface area contributed by atoms with Crippen molar-refractivity contribution in [2.75, 3.05) is 6.54 Å². The number of aromatic nitrogens is 3. The van der Waals surface area contributed by atoms with Crippen LogP contribution in [0.4, 0.5) is 0 Å². The van der Waals surface area contributed by atoms with Crippen LogP contribution in [0.1, 0.15) is 29.0 Å². The molecule has 1 saturated heterocycles. The molecule has 4 aromatic rings. The maximum absolute atomic E-state index is 12.7. The Balaban J connectivity index is 1.24. The first kappa shape index (κ1) is 19.0. The van der Waals surface area contributed by atoms with E-state index in [0.29, 0.717) is 19.5 Å². The molecule has 1 aromatic carbocycles. The molecule has 0 aliphatic carbocycles. The second-order valence-electron chi connectivity index (χ2n) is 7.48. The van der Waals surface area contributed by atoms with Gasteiger partial charge in [-0.15, -0.1) is 0 Å². The lowest BCUT2D eigenvalue weighted by Crippen LogP contribution is -2.45. The lowest BCUT2D eigenvalue weighted by molar-refractivity contribution is -0.125. The molecular weight excluding hydrogens is 394 g/mol. The van der Waals surface area contributed by atoms with Crippen molar-refractivity contribution >= 4 is 22.8 Å². The summed E-state index contributed by atoms with van der Waals surface area (Å²) < 4.78 is 7.12. The first-order valence-corrected chi connectivity index (χ1v) is 10.2. The number of para-hydroxylation sites is 2. The Morgan fingerprint density at radius 2 is 2.00 bits per heavy atom. The summed E-state index contributed by atoms with van der Waals surface area (Å²) >= 11 is 0. The molecule has 0 saturated carbocycles. The monoisotopic (exact) mass is 415 g/mol. The third kappa shape index (κ3) is 3.68. The van der Waals surface area contributed by atoms with E-state index in [-0.39, 0.29) is 17.6 Å². The number of pyridine rings is 1. The Kier molecular flexibility index (Phi) is 4.95. The number of carbonyl (C=O) groups is 2. The van der Waals surface area contributed by atoms with Gasteiger partial charge in [0.15, 0.2) is 5.76 Å². The summed E-state index contributed by atoms with van der Waals surface area (Å²) in [5, 5.41) is 2.93. The highest BCUT2D eigenvalue weighted by atomic mass is 16.3. The van der Waals surface area contributed by atoms with E-state index in [1.54, 1.807) is 29.6 Å². The zero-order valence-corrected chi connectivity index (χ0v) is 16.8. The minimum atomic E-state index is -0.484. The van der Waals surface area contributed by atoms with Gasteiger partial charge in [0.1, 0.15) is 18.2 Å². The van der Waals surface area contributed by atoms with Crippen LogP contribution in [0.25, 0.3) is 16.9 Å². The summed E-state index contributed by atoms with van der Waals surface area (Å²) in [5.74, 6) is 0.601. The number of nitrogens with one attached hydrogen (secondary N) is 1. The van der Waals surface area contributed by atoms with Gasteiger partial charge >= 0.3 is 0 Å². The Morgan fingerprint density at radius 1 is 1.10 bits per heavy atom. The number of hydrogen-bond acceptors (Lipinski definition) is 5. The Labute approximate surface area is 178 Å². The second kappa shape index (κ2) is 8.06. The number of furan rings is 1. The lowest BCUT2D eigenvalue weighted by Gasteiger charge is -2.23. The molecule has 156 valence electrons. The van der Waals surface area contributed by atoms with E-state index in [1.807, 2.05) is 41.0 Å². The Bertz CT molecular complexity index is 1210. The first-order valence-electron chi connectivity index (χ1n) is 10.2. The molecule has 2 amide bonds. The van der Waals surface area contributed by atoms with Crippen LogP contribution in [0.5, 0.6) is 0 Å². The van der Waals surface area contributed by atoms with Gasteiger partial charge in [-0.05, 0) is 48.7 Å². The Hall–Kier alpha value is -3.94. The highest BCUT2D eigenvalue weighted by molar-refractivity contribution is 5.96. The van der Waals surface area contributed by atoms with Gasteiger partial charge in [-0.25, -0.2) is 9.97 Å². The summed E-state index contributed by atoms with van der Waals surface area (Å²) in [6.45, 7) is 0.892. The summed E-state index contributed by atoms with van der Waals surface area (Å²) in [6.07, 6.45) is 6.38. The topological polar surface area (TPSA) is 93.3 Å². The number of amides is 2. The normalized spacial score (nSPS) is 16.0. The van der Waals surface area contributed by atoms with Gasteiger partial charge in [0.25, 0.3) is 5.91 Å². The number of carbonyl (C=O) groups excluding carboxylic acids is 2. The molecule has 0 bridgehead atoms. The molecule has 3 aromatic heterocycles. The van der Waals surface area contributed by atoms with Crippen molar-refractivity contribution in [2.24, 2.45) is 0 Å². The van der Waals surface area contributed by atoms with Crippen LogP contribution in [0.3, 0.4) is 0 Å². The molecule has 1 N–H and O–H groups in total. The van der Waals surface area contributed by atoms with Gasteiger partial charge in [-0.2, -0.15) is 0 Å². The van der Waals surface area contributed by atoms with Crippen molar-refractivity contribution in [3.8, 4) is 5.82 Å². The number of imidazole rings is 1. The van der Waals surface area contributed by atoms with Gasteiger partial charge in [-0.1, -0.05) is 18.2 Å². The number of benzene rings is 1. The van der Waals surface area contributed by atoms with Crippen molar-refractivity contribution in [3.63, 3.8) is 0 Å². The molecule has 31 heavy (non-hydrogen) atoms. The molecule has 4 heterocycles. The van der Waals surface area contributed by atoms with E-state index >= 15 is 0 Å². The average Bonchev–Trinajstić information content (AvgIpc) is 3.58. The smallest absolute Gasteiger partial charge is 0.290 e. The third-order valence-electron chi connectivity index (χ3n) is 5.52. The second-order valence-corrected chi connectivity index (χ2v) is 7.48. The first-order chi connectivity index (χ1) is 15.2. The summed E-state index contributed by atoms with van der Waals surface area (Å²) in [7, 11) is 0. The fourth-order valence-electron chi connectivity index (χ4n) is 3.94. The highest BCUT2D eigenvalue weighted by Crippen LogP contribution is 2.21. The van der Waals surface area contributed by atoms with Crippen LogP contribution < -0.4 is 5.32 Å². The zero-order chi connectivity index (χ0) is 21.2. The van der Waals surface area contributed by atoms with Crippen LogP contribution in [0, 0.1) is 0 Å². The minimum absolute atomic E-state index is 0.165. The van der Waals surface area contributed by atoms with Crippen LogP contribution in [0.2, 0.25) is 0 Å². The number of nitrogens with zero attached hydrogens (tertiary/aromatic N) is 4. The quantitative estimate of drug-likeness (QED) is 0.541. The zero-order valence-electron chi connectivity index (χ0n) is 16.8. The molecule has 1 fully saturated rings. The van der Waals surface area contributed by atoms with Gasteiger partial charge < -0.3 is 14.6 Å². The lowest BCUT2D eigenvalue weighted by atomic mass is 10.2. The molecule has 5 rings (SSSR count). The van der Waals surface area contributed by atoms with E-state index in [1.165, 1.54) is 6.26 Å². The Morgan fingerprint density at radius 3 is 2.81 bits per heavy atom. The largest absolute Gasteiger partial charge is 0.459 e. The molecule has 0 radical (unpaired) electrons. The highest BCUT2D eigenvalue weighted by Gasteiger charge is 2.35. The molecule has 8 nitrogen and oxygen atoms in total. The van der Waals surface area contributed by atoms with Gasteiger partial charge in [0, 0.05) is 19.3 Å². The van der Waals surface area contributed by atoms with Crippen molar-refractivity contribution in [3.05, 3.63) is 78.6 Å². The fraction of sp³-hybridized carbons (Fsp3) is 0.217.